The van der Waals surface area contributed by atoms with Crippen LogP contribution >= 0.6 is 0 Å². The summed E-state index contributed by atoms with van der Waals surface area (Å²) in [6.45, 7) is 4.25. The Kier molecular flexibility index (Phi) is 1.36. The van der Waals surface area contributed by atoms with Crippen LogP contribution < -0.4 is 0 Å². The molecule has 0 N–H and O–H groups in total. The molecule has 1 aromatic rings. The summed E-state index contributed by atoms with van der Waals surface area (Å²) in [5.74, 6) is 3.41. The molecule has 3 nitrogen and oxygen atoms in total. The molecule has 0 radical (unpaired) electrons. The summed E-state index contributed by atoms with van der Waals surface area (Å²) in [4.78, 5) is 4.35. The summed E-state index contributed by atoms with van der Waals surface area (Å²) in [7, 11) is 0. The fraction of sp³-hybridized carbons (Fsp3) is 0.667. The summed E-state index contributed by atoms with van der Waals surface area (Å²) in [6, 6.07) is 0.600. The second-order valence-corrected chi connectivity index (χ2v) is 5.24. The minimum Gasteiger partial charge on any atom is -0.242 e. The van der Waals surface area contributed by atoms with Gasteiger partial charge in [0.2, 0.25) is 0 Å². The van der Waals surface area contributed by atoms with Crippen molar-refractivity contribution in [2.75, 3.05) is 0 Å². The van der Waals surface area contributed by atoms with E-state index >= 15 is 0 Å². The lowest BCUT2D eigenvalue weighted by Crippen LogP contribution is -2.38. The van der Waals surface area contributed by atoms with Crippen molar-refractivity contribution in [3.8, 4) is 0 Å². The lowest BCUT2D eigenvalue weighted by molar-refractivity contribution is 0.0680. The average molecular weight is 201 g/mol. The number of hydrogen-bond donors (Lipinski definition) is 0. The van der Waals surface area contributed by atoms with Gasteiger partial charge in [-0.15, -0.1) is 0 Å². The first-order chi connectivity index (χ1) is 7.36. The normalized spacial score (nSPS) is 41.7. The Labute approximate surface area is 89.2 Å². The van der Waals surface area contributed by atoms with Crippen molar-refractivity contribution in [2.45, 2.75) is 31.7 Å². The molecular weight excluding hydrogens is 186 g/mol. The van der Waals surface area contributed by atoms with Crippen LogP contribution in [-0.4, -0.2) is 14.8 Å². The van der Waals surface area contributed by atoms with E-state index in [1.165, 1.54) is 31.3 Å². The summed E-state index contributed by atoms with van der Waals surface area (Å²) >= 11 is 0. The van der Waals surface area contributed by atoms with Gasteiger partial charge >= 0.3 is 0 Å². The third kappa shape index (κ3) is 0.829. The van der Waals surface area contributed by atoms with Crippen molar-refractivity contribution in [3.05, 3.63) is 18.7 Å². The smallest absolute Gasteiger partial charge is 0.154 e. The van der Waals surface area contributed by atoms with Crippen LogP contribution in [-0.2, 0) is 0 Å². The molecule has 0 saturated heterocycles. The molecule has 2 bridgehead atoms. The molecule has 0 amide bonds. The summed E-state index contributed by atoms with van der Waals surface area (Å²) < 4.78 is 2.16. The maximum absolute atomic E-state index is 4.40. The second kappa shape index (κ2) is 2.52. The number of aromatic nitrogens is 3. The van der Waals surface area contributed by atoms with E-state index in [1.807, 2.05) is 0 Å². The molecule has 15 heavy (non-hydrogen) atoms. The van der Waals surface area contributed by atoms with E-state index in [0.717, 1.165) is 17.7 Å². The van der Waals surface area contributed by atoms with Crippen molar-refractivity contribution in [1.29, 1.82) is 0 Å². The number of nitrogens with zero attached hydrogens (tertiary/aromatic N) is 3. The van der Waals surface area contributed by atoms with E-state index in [1.54, 1.807) is 6.33 Å². The van der Waals surface area contributed by atoms with E-state index in [-0.39, 0.29) is 0 Å². The maximum atomic E-state index is 4.40. The Hall–Kier alpha value is -1.12. The van der Waals surface area contributed by atoms with E-state index in [4.69, 9.17) is 0 Å². The first-order valence-electron chi connectivity index (χ1n) is 5.95. The zero-order valence-electron chi connectivity index (χ0n) is 8.76. The van der Waals surface area contributed by atoms with Crippen LogP contribution in [0.15, 0.2) is 12.9 Å². The van der Waals surface area contributed by atoms with Gasteiger partial charge in [-0.2, -0.15) is 5.10 Å². The molecule has 3 saturated carbocycles. The van der Waals surface area contributed by atoms with Crippen LogP contribution in [0.1, 0.15) is 37.5 Å². The highest BCUT2D eigenvalue weighted by Crippen LogP contribution is 2.58. The van der Waals surface area contributed by atoms with E-state index < -0.39 is 0 Å². The van der Waals surface area contributed by atoms with Gasteiger partial charge in [0.1, 0.15) is 6.33 Å². The first-order valence-corrected chi connectivity index (χ1v) is 5.95. The molecule has 2 atom stereocenters. The van der Waals surface area contributed by atoms with Gasteiger partial charge in [-0.3, -0.25) is 0 Å². The van der Waals surface area contributed by atoms with Gasteiger partial charge in [0.05, 0.1) is 6.04 Å². The van der Waals surface area contributed by atoms with Gasteiger partial charge in [0.15, 0.2) is 5.82 Å². The number of fused-ring (bicyclic) bond motifs is 3. The molecule has 3 heteroatoms. The van der Waals surface area contributed by atoms with Gasteiger partial charge in [0.25, 0.3) is 0 Å². The highest BCUT2D eigenvalue weighted by molar-refractivity contribution is 5.64. The van der Waals surface area contributed by atoms with E-state index in [2.05, 4.69) is 21.3 Å². The molecule has 2 unspecified atom stereocenters. The predicted octanol–water partition coefficient (Wildman–Crippen LogP) is 2.28. The Balaban J connectivity index is 1.89. The van der Waals surface area contributed by atoms with Crippen molar-refractivity contribution in [2.24, 2.45) is 17.8 Å². The van der Waals surface area contributed by atoms with Crippen LogP contribution in [0.3, 0.4) is 0 Å². The number of rotatable bonds is 0. The molecule has 78 valence electrons. The van der Waals surface area contributed by atoms with Crippen molar-refractivity contribution in [3.63, 3.8) is 0 Å². The fourth-order valence-electron chi connectivity index (χ4n) is 4.11. The van der Waals surface area contributed by atoms with Gasteiger partial charge in [0, 0.05) is 5.92 Å². The molecule has 3 fully saturated rings. The third-order valence-electron chi connectivity index (χ3n) is 4.72. The number of allylic oxidation sites excluding steroid dienone is 1. The molecule has 5 rings (SSSR count). The molecule has 4 aliphatic rings. The van der Waals surface area contributed by atoms with Crippen LogP contribution in [0.25, 0.3) is 5.57 Å². The zero-order valence-corrected chi connectivity index (χ0v) is 8.76. The van der Waals surface area contributed by atoms with E-state index in [0.29, 0.717) is 12.0 Å². The summed E-state index contributed by atoms with van der Waals surface area (Å²) in [6.07, 6.45) is 7.25. The van der Waals surface area contributed by atoms with Gasteiger partial charge in [-0.1, -0.05) is 6.58 Å². The largest absolute Gasteiger partial charge is 0.242 e. The summed E-state index contributed by atoms with van der Waals surface area (Å²) in [5, 5.41) is 4.40. The van der Waals surface area contributed by atoms with Gasteiger partial charge in [-0.05, 0) is 43.1 Å². The number of hydrogen-bond acceptors (Lipinski definition) is 2. The monoisotopic (exact) mass is 201 g/mol. The molecule has 1 aliphatic heterocycles. The highest BCUT2D eigenvalue weighted by atomic mass is 15.4. The second-order valence-electron chi connectivity index (χ2n) is 5.24. The maximum Gasteiger partial charge on any atom is 0.154 e. The lowest BCUT2D eigenvalue weighted by Gasteiger charge is -2.45. The fourth-order valence-corrected chi connectivity index (χ4v) is 4.11. The van der Waals surface area contributed by atoms with Crippen LogP contribution in [0.4, 0.5) is 0 Å². The molecule has 0 spiro atoms. The van der Waals surface area contributed by atoms with Crippen LogP contribution in [0.2, 0.25) is 0 Å². The van der Waals surface area contributed by atoms with Crippen molar-refractivity contribution < 1.29 is 0 Å². The minimum absolute atomic E-state index is 0.600. The molecule has 3 aliphatic carbocycles. The van der Waals surface area contributed by atoms with Crippen molar-refractivity contribution >= 4 is 5.57 Å². The van der Waals surface area contributed by atoms with Crippen LogP contribution in [0.5, 0.6) is 0 Å². The van der Waals surface area contributed by atoms with Gasteiger partial charge < -0.3 is 0 Å². The van der Waals surface area contributed by atoms with E-state index in [9.17, 15) is 0 Å². The molecular formula is C12H15N3. The Morgan fingerprint density at radius 1 is 1.20 bits per heavy atom. The molecule has 0 aromatic carbocycles. The first kappa shape index (κ1) is 8.08. The molecule has 2 heterocycles. The van der Waals surface area contributed by atoms with Gasteiger partial charge in [-0.25, -0.2) is 9.67 Å². The predicted molar refractivity (Wildman–Crippen MR) is 57.0 cm³/mol. The highest BCUT2D eigenvalue weighted by Gasteiger charge is 2.51. The van der Waals surface area contributed by atoms with Crippen molar-refractivity contribution in [1.82, 2.24) is 14.8 Å². The minimum atomic E-state index is 0.600. The lowest BCUT2D eigenvalue weighted by atomic mass is 9.61. The molecule has 1 aromatic heterocycles. The van der Waals surface area contributed by atoms with Crippen LogP contribution in [0, 0.1) is 17.8 Å². The third-order valence-corrected chi connectivity index (χ3v) is 4.72. The SMILES string of the molecule is C=C1c2ncnn2C2C3CCC(CC3)C12. The standard InChI is InChI=1S/C12H15N3/c1-7-10-8-2-4-9(5-3-8)11(10)15-12(7)13-6-14-15/h6,8-11H,1-5H2. The average Bonchev–Trinajstić information content (AvgIpc) is 2.85. The zero-order chi connectivity index (χ0) is 9.99. The summed E-state index contributed by atoms with van der Waals surface area (Å²) in [5.41, 5.74) is 1.26. The topological polar surface area (TPSA) is 30.7 Å². The Morgan fingerprint density at radius 3 is 2.73 bits per heavy atom. The Morgan fingerprint density at radius 2 is 1.93 bits per heavy atom. The Bertz CT molecular complexity index is 426. The quantitative estimate of drug-likeness (QED) is 0.644.